The Morgan fingerprint density at radius 2 is 1.85 bits per heavy atom. The van der Waals surface area contributed by atoms with Crippen molar-refractivity contribution in [3.63, 3.8) is 0 Å². The Kier molecular flexibility index (Phi) is 5.91. The zero-order valence-electron chi connectivity index (χ0n) is 14.5. The van der Waals surface area contributed by atoms with E-state index in [4.69, 9.17) is 16.3 Å². The highest BCUT2D eigenvalue weighted by atomic mass is 35.5. The van der Waals surface area contributed by atoms with Crippen LogP contribution in [0.1, 0.15) is 26.3 Å². The van der Waals surface area contributed by atoms with Gasteiger partial charge in [-0.2, -0.15) is 0 Å². The van der Waals surface area contributed by atoms with E-state index in [0.29, 0.717) is 42.3 Å². The molecule has 1 unspecified atom stereocenters. The van der Waals surface area contributed by atoms with E-state index in [1.165, 1.54) is 7.11 Å². The van der Waals surface area contributed by atoms with Gasteiger partial charge in [0.15, 0.2) is 0 Å². The highest BCUT2D eigenvalue weighted by Crippen LogP contribution is 2.20. The third-order valence-corrected chi connectivity index (χ3v) is 4.75. The highest BCUT2D eigenvalue weighted by Gasteiger charge is 2.25. The summed E-state index contributed by atoms with van der Waals surface area (Å²) in [6.07, 6.45) is 0.562. The van der Waals surface area contributed by atoms with Gasteiger partial charge < -0.3 is 14.4 Å². The molecule has 6 heteroatoms. The number of hydrogen-bond acceptors (Lipinski definition) is 4. The number of methoxy groups -OCH3 is 1. The Morgan fingerprint density at radius 1 is 1.15 bits per heavy atom. The molecule has 0 saturated carbocycles. The fraction of sp³-hybridized carbons (Fsp3) is 0.300. The third-order valence-electron chi connectivity index (χ3n) is 4.38. The monoisotopic (exact) mass is 373 g/mol. The quantitative estimate of drug-likeness (QED) is 0.772. The summed E-state index contributed by atoms with van der Waals surface area (Å²) in [5, 5.41) is 0.706. The molecule has 2 aromatic carbocycles. The molecule has 1 aliphatic heterocycles. The Morgan fingerprint density at radius 3 is 2.54 bits per heavy atom. The van der Waals surface area contributed by atoms with Gasteiger partial charge in [0.2, 0.25) is 0 Å². The molecule has 0 aromatic heterocycles. The second-order valence-corrected chi connectivity index (χ2v) is 6.52. The molecule has 1 saturated heterocycles. The molecule has 5 nitrogen and oxygen atoms in total. The van der Waals surface area contributed by atoms with E-state index >= 15 is 0 Å². The lowest BCUT2D eigenvalue weighted by Gasteiger charge is -2.33. The van der Waals surface area contributed by atoms with Crippen LogP contribution >= 0.6 is 11.6 Å². The Labute approximate surface area is 157 Å². The van der Waals surface area contributed by atoms with Crippen molar-refractivity contribution in [2.45, 2.75) is 12.5 Å². The molecule has 1 amide bonds. The minimum absolute atomic E-state index is 0.0751. The first kappa shape index (κ1) is 18.4. The van der Waals surface area contributed by atoms with Crippen LogP contribution in [-0.4, -0.2) is 49.7 Å². The topological polar surface area (TPSA) is 55.8 Å². The molecule has 1 aliphatic rings. The molecule has 3 rings (SSSR count). The van der Waals surface area contributed by atoms with Crippen molar-refractivity contribution in [1.82, 2.24) is 4.90 Å². The molecule has 2 aromatic rings. The van der Waals surface area contributed by atoms with Gasteiger partial charge in [-0.1, -0.05) is 29.8 Å². The third kappa shape index (κ3) is 4.23. The van der Waals surface area contributed by atoms with Gasteiger partial charge in [0.05, 0.1) is 25.4 Å². The van der Waals surface area contributed by atoms with Gasteiger partial charge >= 0.3 is 5.97 Å². The van der Waals surface area contributed by atoms with Crippen LogP contribution < -0.4 is 0 Å². The van der Waals surface area contributed by atoms with Crippen molar-refractivity contribution >= 4 is 23.5 Å². The lowest BCUT2D eigenvalue weighted by atomic mass is 10.1. The molecule has 1 fully saturated rings. The molecule has 136 valence electrons. The van der Waals surface area contributed by atoms with Crippen LogP contribution in [0.3, 0.4) is 0 Å². The van der Waals surface area contributed by atoms with Crippen LogP contribution in [0.15, 0.2) is 48.5 Å². The molecule has 0 aliphatic carbocycles. The first-order valence-corrected chi connectivity index (χ1v) is 8.79. The molecule has 26 heavy (non-hydrogen) atoms. The van der Waals surface area contributed by atoms with E-state index in [-0.39, 0.29) is 12.0 Å². The average Bonchev–Trinajstić information content (AvgIpc) is 2.69. The second kappa shape index (κ2) is 8.34. The summed E-state index contributed by atoms with van der Waals surface area (Å²) in [5.41, 5.74) is 1.97. The molecule has 0 N–H and O–H groups in total. The molecular weight excluding hydrogens is 354 g/mol. The van der Waals surface area contributed by atoms with Crippen molar-refractivity contribution < 1.29 is 19.1 Å². The lowest BCUT2D eigenvalue weighted by molar-refractivity contribution is -0.0208. The molecule has 0 bridgehead atoms. The first-order valence-electron chi connectivity index (χ1n) is 8.41. The summed E-state index contributed by atoms with van der Waals surface area (Å²) in [7, 11) is 1.33. The van der Waals surface area contributed by atoms with Crippen molar-refractivity contribution in [1.29, 1.82) is 0 Å². The predicted molar refractivity (Wildman–Crippen MR) is 98.6 cm³/mol. The number of benzene rings is 2. The van der Waals surface area contributed by atoms with Gasteiger partial charge in [-0.15, -0.1) is 0 Å². The van der Waals surface area contributed by atoms with E-state index in [1.807, 2.05) is 24.3 Å². The SMILES string of the molecule is COC(=O)c1ccc(C(=O)N2CCOC(Cc3ccccc3Cl)C2)cc1. The number of carbonyl (C=O) groups is 2. The highest BCUT2D eigenvalue weighted by molar-refractivity contribution is 6.31. The van der Waals surface area contributed by atoms with Crippen LogP contribution in [-0.2, 0) is 15.9 Å². The maximum Gasteiger partial charge on any atom is 0.337 e. The Balaban J connectivity index is 1.66. The van der Waals surface area contributed by atoms with E-state index in [2.05, 4.69) is 4.74 Å². The van der Waals surface area contributed by atoms with Crippen molar-refractivity contribution in [2.24, 2.45) is 0 Å². The van der Waals surface area contributed by atoms with Gasteiger partial charge in [0.1, 0.15) is 0 Å². The van der Waals surface area contributed by atoms with Gasteiger partial charge in [0, 0.05) is 30.1 Å². The molecule has 0 spiro atoms. The summed E-state index contributed by atoms with van der Waals surface area (Å²) in [6, 6.07) is 14.1. The second-order valence-electron chi connectivity index (χ2n) is 6.11. The van der Waals surface area contributed by atoms with Crippen LogP contribution in [0.25, 0.3) is 0 Å². The van der Waals surface area contributed by atoms with Crippen molar-refractivity contribution in [3.05, 3.63) is 70.2 Å². The normalized spacial score (nSPS) is 17.0. The van der Waals surface area contributed by atoms with Crippen molar-refractivity contribution in [2.75, 3.05) is 26.8 Å². The van der Waals surface area contributed by atoms with Gasteiger partial charge in [-0.25, -0.2) is 4.79 Å². The van der Waals surface area contributed by atoms with Crippen LogP contribution in [0, 0.1) is 0 Å². The van der Waals surface area contributed by atoms with Gasteiger partial charge in [-0.3, -0.25) is 4.79 Å². The van der Waals surface area contributed by atoms with Crippen LogP contribution in [0.5, 0.6) is 0 Å². The summed E-state index contributed by atoms with van der Waals surface area (Å²) in [5.74, 6) is -0.496. The summed E-state index contributed by atoms with van der Waals surface area (Å²) >= 11 is 6.22. The Bertz CT molecular complexity index is 791. The largest absolute Gasteiger partial charge is 0.465 e. The number of nitrogens with zero attached hydrogens (tertiary/aromatic N) is 1. The lowest BCUT2D eigenvalue weighted by Crippen LogP contribution is -2.46. The average molecular weight is 374 g/mol. The minimum Gasteiger partial charge on any atom is -0.465 e. The number of esters is 1. The van der Waals surface area contributed by atoms with E-state index in [9.17, 15) is 9.59 Å². The van der Waals surface area contributed by atoms with E-state index in [1.54, 1.807) is 29.2 Å². The Hall–Kier alpha value is -2.37. The van der Waals surface area contributed by atoms with E-state index < -0.39 is 5.97 Å². The molecule has 0 radical (unpaired) electrons. The summed E-state index contributed by atoms with van der Waals surface area (Å²) in [6.45, 7) is 1.53. The zero-order chi connectivity index (χ0) is 18.5. The number of rotatable bonds is 4. The zero-order valence-corrected chi connectivity index (χ0v) is 15.2. The van der Waals surface area contributed by atoms with Gasteiger partial charge in [0.25, 0.3) is 5.91 Å². The maximum atomic E-state index is 12.7. The number of carbonyl (C=O) groups excluding carboxylic acids is 2. The maximum absolute atomic E-state index is 12.7. The predicted octanol–water partition coefficient (Wildman–Crippen LogP) is 3.21. The van der Waals surface area contributed by atoms with E-state index in [0.717, 1.165) is 5.56 Å². The smallest absolute Gasteiger partial charge is 0.337 e. The van der Waals surface area contributed by atoms with Crippen molar-refractivity contribution in [3.8, 4) is 0 Å². The number of ether oxygens (including phenoxy) is 2. The standard InChI is InChI=1S/C20H20ClNO4/c1-25-20(24)15-8-6-14(7-9-15)19(23)22-10-11-26-17(13-22)12-16-4-2-3-5-18(16)21/h2-9,17H,10-13H2,1H3. The van der Waals surface area contributed by atoms with Gasteiger partial charge in [-0.05, 0) is 35.9 Å². The number of morpholine rings is 1. The minimum atomic E-state index is -0.421. The first-order chi connectivity index (χ1) is 12.6. The number of hydrogen-bond donors (Lipinski definition) is 0. The van der Waals surface area contributed by atoms with Crippen LogP contribution in [0.2, 0.25) is 5.02 Å². The fourth-order valence-corrected chi connectivity index (χ4v) is 3.20. The summed E-state index contributed by atoms with van der Waals surface area (Å²) in [4.78, 5) is 26.0. The molecule has 1 atom stereocenters. The van der Waals surface area contributed by atoms with Crippen LogP contribution in [0.4, 0.5) is 0 Å². The number of amides is 1. The summed E-state index contributed by atoms with van der Waals surface area (Å²) < 4.78 is 10.5. The molecular formula is C20H20ClNO4. The molecule has 1 heterocycles. The fourth-order valence-electron chi connectivity index (χ4n) is 2.99. The number of halogens is 1.